The van der Waals surface area contributed by atoms with Gasteiger partial charge in [0.25, 0.3) is 0 Å². The minimum Gasteiger partial charge on any atom is -0.369 e. The van der Waals surface area contributed by atoms with Crippen LogP contribution in [0.25, 0.3) is 11.0 Å². The third-order valence-corrected chi connectivity index (χ3v) is 3.43. The van der Waals surface area contributed by atoms with Gasteiger partial charge in [-0.2, -0.15) is 0 Å². The summed E-state index contributed by atoms with van der Waals surface area (Å²) in [6, 6.07) is 5.69. The van der Waals surface area contributed by atoms with E-state index in [0.717, 1.165) is 15.5 Å². The molecular formula is C12H15BrN4O. The molecule has 2 rings (SSSR count). The molecule has 2 aromatic rings. The zero-order valence-electron chi connectivity index (χ0n) is 10.4. The Hall–Kier alpha value is -1.56. The predicted octanol–water partition coefficient (Wildman–Crippen LogP) is 1.86. The van der Waals surface area contributed by atoms with Crippen LogP contribution in [-0.4, -0.2) is 34.0 Å². The first kappa shape index (κ1) is 12.9. The van der Waals surface area contributed by atoms with Crippen LogP contribution in [0.15, 0.2) is 22.7 Å². The molecule has 18 heavy (non-hydrogen) atoms. The average Bonchev–Trinajstić information content (AvgIpc) is 2.65. The zero-order valence-corrected chi connectivity index (χ0v) is 11.9. The molecule has 0 fully saturated rings. The second-order valence-corrected chi connectivity index (χ2v) is 5.01. The summed E-state index contributed by atoms with van der Waals surface area (Å²) in [4.78, 5) is 17.8. The molecule has 0 unspecified atom stereocenters. The number of amides is 1. The minimum absolute atomic E-state index is 0.0171. The van der Waals surface area contributed by atoms with E-state index in [2.05, 4.69) is 20.9 Å². The van der Waals surface area contributed by atoms with Crippen LogP contribution < -0.4 is 5.73 Å². The molecule has 2 N–H and O–H groups in total. The summed E-state index contributed by atoms with van der Waals surface area (Å²) >= 11 is 3.41. The van der Waals surface area contributed by atoms with Crippen molar-refractivity contribution >= 4 is 38.8 Å². The van der Waals surface area contributed by atoms with Gasteiger partial charge >= 0.3 is 0 Å². The number of nitrogens with zero attached hydrogens (tertiary/aromatic N) is 3. The van der Waals surface area contributed by atoms with Crippen molar-refractivity contribution in [3.8, 4) is 0 Å². The van der Waals surface area contributed by atoms with Gasteiger partial charge in [0.1, 0.15) is 6.54 Å². The Labute approximate surface area is 114 Å². The van der Waals surface area contributed by atoms with Crippen molar-refractivity contribution < 1.29 is 4.79 Å². The largest absolute Gasteiger partial charge is 0.369 e. The fourth-order valence-electron chi connectivity index (χ4n) is 1.71. The number of rotatable bonds is 3. The summed E-state index contributed by atoms with van der Waals surface area (Å²) in [5, 5.41) is 0. The first-order valence-electron chi connectivity index (χ1n) is 5.68. The average molecular weight is 311 g/mol. The summed E-state index contributed by atoms with van der Waals surface area (Å²) < 4.78 is 2.67. The molecule has 0 radical (unpaired) electrons. The smallest absolute Gasteiger partial charge is 0.242 e. The zero-order chi connectivity index (χ0) is 13.3. The maximum Gasteiger partial charge on any atom is 0.242 e. The summed E-state index contributed by atoms with van der Waals surface area (Å²) in [6.07, 6.45) is 0. The Morgan fingerprint density at radius 3 is 2.94 bits per heavy atom. The van der Waals surface area contributed by atoms with E-state index in [0.29, 0.717) is 12.5 Å². The van der Waals surface area contributed by atoms with E-state index >= 15 is 0 Å². The van der Waals surface area contributed by atoms with Crippen LogP contribution >= 0.6 is 15.9 Å². The van der Waals surface area contributed by atoms with E-state index < -0.39 is 0 Å². The Morgan fingerprint density at radius 1 is 1.56 bits per heavy atom. The number of carbonyl (C=O) groups is 1. The minimum atomic E-state index is 0.0171. The Balaban J connectivity index is 2.41. The van der Waals surface area contributed by atoms with Crippen molar-refractivity contribution in [3.05, 3.63) is 22.7 Å². The molecule has 1 aromatic carbocycles. The standard InChI is InChI=1S/C12H15BrN4O/c1-3-16(2)11(18)7-17-10-6-8(13)4-5-9(10)15-12(17)14/h4-6H,3,7H2,1-2H3,(H2,14,15). The van der Waals surface area contributed by atoms with Crippen molar-refractivity contribution in [1.82, 2.24) is 14.5 Å². The maximum atomic E-state index is 11.9. The molecule has 0 bridgehead atoms. The van der Waals surface area contributed by atoms with Gasteiger partial charge in [0.05, 0.1) is 11.0 Å². The number of anilines is 1. The lowest BCUT2D eigenvalue weighted by Gasteiger charge is -2.15. The van der Waals surface area contributed by atoms with Gasteiger partial charge < -0.3 is 15.2 Å². The van der Waals surface area contributed by atoms with Gasteiger partial charge in [-0.15, -0.1) is 0 Å². The van der Waals surface area contributed by atoms with E-state index in [1.54, 1.807) is 16.5 Å². The summed E-state index contributed by atoms with van der Waals surface area (Å²) in [7, 11) is 1.77. The van der Waals surface area contributed by atoms with Gasteiger partial charge in [0, 0.05) is 18.1 Å². The number of hydrogen-bond donors (Lipinski definition) is 1. The van der Waals surface area contributed by atoms with Crippen LogP contribution in [-0.2, 0) is 11.3 Å². The molecule has 1 aromatic heterocycles. The first-order chi connectivity index (χ1) is 8.52. The SMILES string of the molecule is CCN(C)C(=O)Cn1c(N)nc2ccc(Br)cc21. The fraction of sp³-hybridized carbons (Fsp3) is 0.333. The van der Waals surface area contributed by atoms with Gasteiger partial charge in [-0.05, 0) is 25.1 Å². The monoisotopic (exact) mass is 310 g/mol. The van der Waals surface area contributed by atoms with E-state index in [1.807, 2.05) is 25.1 Å². The molecule has 1 heterocycles. The summed E-state index contributed by atoms with van der Waals surface area (Å²) in [6.45, 7) is 2.82. The van der Waals surface area contributed by atoms with Crippen molar-refractivity contribution in [2.45, 2.75) is 13.5 Å². The highest BCUT2D eigenvalue weighted by atomic mass is 79.9. The van der Waals surface area contributed by atoms with Crippen molar-refractivity contribution in [3.63, 3.8) is 0 Å². The number of imidazole rings is 1. The van der Waals surface area contributed by atoms with E-state index in [4.69, 9.17) is 5.73 Å². The Bertz CT molecular complexity index is 593. The first-order valence-corrected chi connectivity index (χ1v) is 6.47. The molecule has 0 aliphatic carbocycles. The van der Waals surface area contributed by atoms with Gasteiger partial charge in [0.15, 0.2) is 0 Å². The summed E-state index contributed by atoms with van der Waals surface area (Å²) in [5.74, 6) is 0.379. The number of halogens is 1. The van der Waals surface area contributed by atoms with Crippen LogP contribution in [0.1, 0.15) is 6.92 Å². The Morgan fingerprint density at radius 2 is 2.28 bits per heavy atom. The van der Waals surface area contributed by atoms with Crippen LogP contribution in [0, 0.1) is 0 Å². The molecule has 96 valence electrons. The number of benzene rings is 1. The predicted molar refractivity (Wildman–Crippen MR) is 75.2 cm³/mol. The lowest BCUT2D eigenvalue weighted by atomic mass is 10.3. The Kier molecular flexibility index (Phi) is 3.56. The lowest BCUT2D eigenvalue weighted by Crippen LogP contribution is -2.30. The van der Waals surface area contributed by atoms with E-state index in [-0.39, 0.29) is 12.5 Å². The number of likely N-dealkylation sites (N-methyl/N-ethyl adjacent to an activating group) is 1. The third kappa shape index (κ3) is 2.33. The molecule has 0 saturated carbocycles. The second-order valence-electron chi connectivity index (χ2n) is 4.10. The molecule has 0 atom stereocenters. The molecule has 0 aliphatic rings. The van der Waals surface area contributed by atoms with Crippen LogP contribution in [0.4, 0.5) is 5.95 Å². The fourth-order valence-corrected chi connectivity index (χ4v) is 2.06. The number of fused-ring (bicyclic) bond motifs is 1. The van der Waals surface area contributed by atoms with E-state index in [1.165, 1.54) is 0 Å². The number of nitrogen functional groups attached to an aromatic ring is 1. The normalized spacial score (nSPS) is 10.8. The molecule has 5 nitrogen and oxygen atoms in total. The maximum absolute atomic E-state index is 11.9. The number of nitrogens with two attached hydrogens (primary N) is 1. The topological polar surface area (TPSA) is 64.2 Å². The van der Waals surface area contributed by atoms with Crippen molar-refractivity contribution in [2.24, 2.45) is 0 Å². The number of hydrogen-bond acceptors (Lipinski definition) is 3. The highest BCUT2D eigenvalue weighted by molar-refractivity contribution is 9.10. The quantitative estimate of drug-likeness (QED) is 0.941. The van der Waals surface area contributed by atoms with Gasteiger partial charge in [-0.3, -0.25) is 4.79 Å². The second kappa shape index (κ2) is 4.97. The third-order valence-electron chi connectivity index (χ3n) is 2.93. The molecule has 6 heteroatoms. The van der Waals surface area contributed by atoms with E-state index in [9.17, 15) is 4.79 Å². The van der Waals surface area contributed by atoms with Gasteiger partial charge in [-0.25, -0.2) is 4.98 Å². The van der Waals surface area contributed by atoms with Crippen LogP contribution in [0.5, 0.6) is 0 Å². The molecule has 0 saturated heterocycles. The van der Waals surface area contributed by atoms with Crippen LogP contribution in [0.2, 0.25) is 0 Å². The van der Waals surface area contributed by atoms with Gasteiger partial charge in [0.2, 0.25) is 11.9 Å². The van der Waals surface area contributed by atoms with Gasteiger partial charge in [-0.1, -0.05) is 15.9 Å². The van der Waals surface area contributed by atoms with Crippen molar-refractivity contribution in [1.29, 1.82) is 0 Å². The lowest BCUT2D eigenvalue weighted by molar-refractivity contribution is -0.130. The highest BCUT2D eigenvalue weighted by Gasteiger charge is 2.13. The van der Waals surface area contributed by atoms with Crippen molar-refractivity contribution in [2.75, 3.05) is 19.3 Å². The molecule has 1 amide bonds. The van der Waals surface area contributed by atoms with Crippen LogP contribution in [0.3, 0.4) is 0 Å². The molecule has 0 spiro atoms. The molecular weight excluding hydrogens is 296 g/mol. The molecule has 0 aliphatic heterocycles. The number of aromatic nitrogens is 2. The highest BCUT2D eigenvalue weighted by Crippen LogP contribution is 2.22. The number of carbonyl (C=O) groups excluding carboxylic acids is 1. The summed E-state index contributed by atoms with van der Waals surface area (Å²) in [5.41, 5.74) is 7.51.